The van der Waals surface area contributed by atoms with Gasteiger partial charge in [0.1, 0.15) is 6.61 Å². The van der Waals surface area contributed by atoms with Crippen LogP contribution in [0.5, 0.6) is 0 Å². The molecule has 2 rings (SSSR count). The van der Waals surface area contributed by atoms with E-state index in [1.54, 1.807) is 30.3 Å². The lowest BCUT2D eigenvalue weighted by atomic mass is 10.1. The van der Waals surface area contributed by atoms with Crippen LogP contribution in [0.2, 0.25) is 5.02 Å². The molecule has 0 saturated heterocycles. The maximum Gasteiger partial charge on any atom is 0.338 e. The number of carbonyl (C=O) groups is 1. The van der Waals surface area contributed by atoms with Crippen molar-refractivity contribution in [2.24, 2.45) is 0 Å². The molecule has 2 aromatic rings. The van der Waals surface area contributed by atoms with Crippen molar-refractivity contribution < 1.29 is 9.53 Å². The molecule has 0 aliphatic rings. The Labute approximate surface area is 117 Å². The summed E-state index contributed by atoms with van der Waals surface area (Å²) in [5.41, 5.74) is 8.48. The van der Waals surface area contributed by atoms with Gasteiger partial charge in [-0.05, 0) is 48.4 Å². The number of nitrogen functional groups attached to an aromatic ring is 1. The van der Waals surface area contributed by atoms with Gasteiger partial charge in [-0.3, -0.25) is 0 Å². The highest BCUT2D eigenvalue weighted by Gasteiger charge is 2.08. The van der Waals surface area contributed by atoms with Crippen molar-refractivity contribution in [1.29, 1.82) is 0 Å². The molecule has 19 heavy (non-hydrogen) atoms. The van der Waals surface area contributed by atoms with E-state index in [0.717, 1.165) is 11.1 Å². The summed E-state index contributed by atoms with van der Waals surface area (Å²) in [6, 6.07) is 12.4. The maximum absolute atomic E-state index is 11.9. The van der Waals surface area contributed by atoms with Crippen LogP contribution >= 0.6 is 11.6 Å². The summed E-state index contributed by atoms with van der Waals surface area (Å²) in [7, 11) is 0. The van der Waals surface area contributed by atoms with Crippen molar-refractivity contribution in [2.45, 2.75) is 13.5 Å². The summed E-state index contributed by atoms with van der Waals surface area (Å²) < 4.78 is 5.23. The Balaban J connectivity index is 2.05. The molecule has 0 spiro atoms. The molecule has 0 aliphatic carbocycles. The number of anilines is 1. The van der Waals surface area contributed by atoms with Gasteiger partial charge in [-0.1, -0.05) is 23.7 Å². The van der Waals surface area contributed by atoms with Gasteiger partial charge in [-0.15, -0.1) is 0 Å². The second-order valence-corrected chi connectivity index (χ2v) is 4.77. The second-order valence-electron chi connectivity index (χ2n) is 4.34. The Kier molecular flexibility index (Phi) is 4.07. The molecule has 98 valence electrons. The van der Waals surface area contributed by atoms with Crippen molar-refractivity contribution in [1.82, 2.24) is 0 Å². The number of rotatable bonds is 3. The fraction of sp³-hybridized carbons (Fsp3) is 0.133. The number of ether oxygens (including phenoxy) is 1. The molecular formula is C15H14ClNO2. The molecule has 0 fully saturated rings. The van der Waals surface area contributed by atoms with Gasteiger partial charge >= 0.3 is 5.97 Å². The maximum atomic E-state index is 11.9. The van der Waals surface area contributed by atoms with Gasteiger partial charge in [0.15, 0.2) is 0 Å². The number of nitrogens with two attached hydrogens (primary N) is 1. The number of hydrogen-bond donors (Lipinski definition) is 1. The number of benzene rings is 2. The monoisotopic (exact) mass is 275 g/mol. The fourth-order valence-electron chi connectivity index (χ4n) is 1.79. The van der Waals surface area contributed by atoms with Crippen LogP contribution in [0.1, 0.15) is 21.5 Å². The van der Waals surface area contributed by atoms with E-state index in [2.05, 4.69) is 0 Å². The Morgan fingerprint density at radius 1 is 1.26 bits per heavy atom. The van der Waals surface area contributed by atoms with Crippen LogP contribution in [0.25, 0.3) is 0 Å². The number of halogens is 1. The summed E-state index contributed by atoms with van der Waals surface area (Å²) in [6.07, 6.45) is 0. The lowest BCUT2D eigenvalue weighted by molar-refractivity contribution is 0.0472. The van der Waals surface area contributed by atoms with Crippen LogP contribution in [0, 0.1) is 6.92 Å². The van der Waals surface area contributed by atoms with E-state index in [-0.39, 0.29) is 6.61 Å². The Morgan fingerprint density at radius 2 is 2.05 bits per heavy atom. The minimum atomic E-state index is -0.393. The fourth-order valence-corrected chi connectivity index (χ4v) is 2.00. The van der Waals surface area contributed by atoms with Gasteiger partial charge in [-0.25, -0.2) is 4.79 Å². The summed E-state index contributed by atoms with van der Waals surface area (Å²) >= 11 is 5.86. The Hall–Kier alpha value is -2.00. The summed E-state index contributed by atoms with van der Waals surface area (Å²) in [4.78, 5) is 11.9. The first-order chi connectivity index (χ1) is 9.04. The molecule has 0 bridgehead atoms. The Bertz CT molecular complexity index is 591. The van der Waals surface area contributed by atoms with E-state index in [1.807, 2.05) is 19.1 Å². The van der Waals surface area contributed by atoms with E-state index in [0.29, 0.717) is 16.3 Å². The predicted molar refractivity (Wildman–Crippen MR) is 76.2 cm³/mol. The molecule has 0 radical (unpaired) electrons. The van der Waals surface area contributed by atoms with E-state index in [4.69, 9.17) is 22.1 Å². The minimum absolute atomic E-state index is 0.188. The SMILES string of the molecule is Cc1cc(N)cc(C(=O)OCc2cccc(Cl)c2)c1. The first-order valence-corrected chi connectivity index (χ1v) is 6.21. The zero-order valence-corrected chi connectivity index (χ0v) is 11.3. The third-order valence-electron chi connectivity index (χ3n) is 2.59. The topological polar surface area (TPSA) is 52.3 Å². The highest BCUT2D eigenvalue weighted by molar-refractivity contribution is 6.30. The third kappa shape index (κ3) is 3.73. The third-order valence-corrected chi connectivity index (χ3v) is 2.83. The highest BCUT2D eigenvalue weighted by Crippen LogP contribution is 2.15. The summed E-state index contributed by atoms with van der Waals surface area (Å²) in [6.45, 7) is 2.07. The molecule has 0 saturated carbocycles. The quantitative estimate of drug-likeness (QED) is 0.688. The zero-order valence-electron chi connectivity index (χ0n) is 10.5. The lowest BCUT2D eigenvalue weighted by Crippen LogP contribution is -2.06. The molecule has 0 heterocycles. The van der Waals surface area contributed by atoms with Crippen LogP contribution in [-0.2, 0) is 11.3 Å². The van der Waals surface area contributed by atoms with E-state index < -0.39 is 5.97 Å². The van der Waals surface area contributed by atoms with Crippen LogP contribution < -0.4 is 5.73 Å². The molecular weight excluding hydrogens is 262 g/mol. The molecule has 0 amide bonds. The predicted octanol–water partition coefficient (Wildman–Crippen LogP) is 3.59. The van der Waals surface area contributed by atoms with Crippen LogP contribution in [-0.4, -0.2) is 5.97 Å². The second kappa shape index (κ2) is 5.76. The van der Waals surface area contributed by atoms with Crippen LogP contribution in [0.15, 0.2) is 42.5 Å². The van der Waals surface area contributed by atoms with E-state index in [9.17, 15) is 4.79 Å². The first kappa shape index (κ1) is 13.4. The lowest BCUT2D eigenvalue weighted by Gasteiger charge is -2.07. The molecule has 0 unspecified atom stereocenters. The van der Waals surface area contributed by atoms with Gasteiger partial charge in [0.25, 0.3) is 0 Å². The molecule has 0 atom stereocenters. The van der Waals surface area contributed by atoms with Gasteiger partial charge in [-0.2, -0.15) is 0 Å². The van der Waals surface area contributed by atoms with E-state index in [1.165, 1.54) is 0 Å². The average Bonchev–Trinajstić information content (AvgIpc) is 2.35. The van der Waals surface area contributed by atoms with Crippen molar-refractivity contribution in [3.8, 4) is 0 Å². The van der Waals surface area contributed by atoms with Gasteiger partial charge in [0, 0.05) is 10.7 Å². The molecule has 2 N–H and O–H groups in total. The summed E-state index contributed by atoms with van der Waals surface area (Å²) in [5.74, 6) is -0.393. The molecule has 0 aromatic heterocycles. The van der Waals surface area contributed by atoms with Crippen LogP contribution in [0.4, 0.5) is 5.69 Å². The normalized spacial score (nSPS) is 10.2. The minimum Gasteiger partial charge on any atom is -0.457 e. The van der Waals surface area contributed by atoms with Crippen molar-refractivity contribution in [3.05, 3.63) is 64.2 Å². The Morgan fingerprint density at radius 3 is 2.74 bits per heavy atom. The van der Waals surface area contributed by atoms with Gasteiger partial charge < -0.3 is 10.5 Å². The number of aryl methyl sites for hydroxylation is 1. The standard InChI is InChI=1S/C15H14ClNO2/c1-10-5-12(8-14(17)6-10)15(18)19-9-11-3-2-4-13(16)7-11/h2-8H,9,17H2,1H3. The molecule has 4 heteroatoms. The zero-order chi connectivity index (χ0) is 13.8. The largest absolute Gasteiger partial charge is 0.457 e. The van der Waals surface area contributed by atoms with Crippen molar-refractivity contribution in [3.63, 3.8) is 0 Å². The van der Waals surface area contributed by atoms with Crippen LogP contribution in [0.3, 0.4) is 0 Å². The van der Waals surface area contributed by atoms with Gasteiger partial charge in [0.2, 0.25) is 0 Å². The summed E-state index contributed by atoms with van der Waals surface area (Å²) in [5, 5.41) is 0.619. The number of carbonyl (C=O) groups excluding carboxylic acids is 1. The smallest absolute Gasteiger partial charge is 0.338 e. The average molecular weight is 276 g/mol. The highest BCUT2D eigenvalue weighted by atomic mass is 35.5. The molecule has 2 aromatic carbocycles. The van der Waals surface area contributed by atoms with E-state index >= 15 is 0 Å². The molecule has 3 nitrogen and oxygen atoms in total. The molecule has 0 aliphatic heterocycles. The number of esters is 1. The van der Waals surface area contributed by atoms with Gasteiger partial charge in [0.05, 0.1) is 5.56 Å². The first-order valence-electron chi connectivity index (χ1n) is 5.83. The van der Waals surface area contributed by atoms with Crippen molar-refractivity contribution >= 4 is 23.3 Å². The number of hydrogen-bond acceptors (Lipinski definition) is 3. The van der Waals surface area contributed by atoms with Crippen molar-refractivity contribution in [2.75, 3.05) is 5.73 Å².